The van der Waals surface area contributed by atoms with Gasteiger partial charge in [-0.05, 0) is 76.4 Å². The van der Waals surface area contributed by atoms with Crippen molar-refractivity contribution in [1.29, 1.82) is 0 Å². The third-order valence-electron chi connectivity index (χ3n) is 9.13. The third kappa shape index (κ3) is 3.68. The van der Waals surface area contributed by atoms with Gasteiger partial charge in [0.15, 0.2) is 34.7 Å². The molecule has 4 aliphatic rings. The van der Waals surface area contributed by atoms with Gasteiger partial charge in [-0.1, -0.05) is 11.6 Å². The number of aromatic hydroxyl groups is 1. The van der Waals surface area contributed by atoms with Crippen LogP contribution >= 0.6 is 11.6 Å². The second kappa shape index (κ2) is 9.22. The van der Waals surface area contributed by atoms with Crippen LogP contribution in [-0.2, 0) is 32.1 Å². The van der Waals surface area contributed by atoms with Crippen LogP contribution in [0, 0.1) is 23.7 Å². The van der Waals surface area contributed by atoms with Crippen LogP contribution in [0.4, 0.5) is 0 Å². The number of phenols is 1. The smallest absolute Gasteiger partial charge is 0.235 e. The van der Waals surface area contributed by atoms with E-state index >= 15 is 0 Å². The van der Waals surface area contributed by atoms with E-state index in [-0.39, 0.29) is 24.2 Å². The number of fused-ring (bicyclic) bond motifs is 3. The van der Waals surface area contributed by atoms with Gasteiger partial charge in [0.25, 0.3) is 0 Å². The lowest BCUT2D eigenvalue weighted by Gasteiger charge is -2.52. The molecule has 0 spiro atoms. The van der Waals surface area contributed by atoms with Crippen LogP contribution in [0.15, 0.2) is 6.07 Å². The largest absolute Gasteiger partial charge is 0.507 e. The number of phenolic OH excluding ortho intramolecular Hbond substituents is 1. The predicted octanol–water partition coefficient (Wildman–Crippen LogP) is 0.505. The van der Waals surface area contributed by atoms with E-state index in [1.165, 1.54) is 11.0 Å². The second-order valence-corrected chi connectivity index (χ2v) is 11.9. The zero-order valence-electron chi connectivity index (χ0n) is 21.6. The third-order valence-corrected chi connectivity index (χ3v) is 9.60. The molecule has 3 aliphatic carbocycles. The van der Waals surface area contributed by atoms with Crippen LogP contribution in [0.2, 0.25) is 5.02 Å². The highest BCUT2D eigenvalue weighted by atomic mass is 35.5. The fraction of sp³-hybridized carbons (Fsp3) is 0.593. The number of halogens is 1. The zero-order valence-corrected chi connectivity index (χ0v) is 22.3. The maximum atomic E-state index is 13.8. The molecular weight excluding hydrogens is 514 g/mol. The topological polar surface area (TPSA) is 158 Å². The molecule has 11 heteroatoms. The van der Waals surface area contributed by atoms with Gasteiger partial charge in [-0.25, -0.2) is 0 Å². The number of hydrogen-bond acceptors (Lipinski definition) is 9. The Labute approximate surface area is 225 Å². The Bertz CT molecular complexity index is 1280. The molecule has 10 nitrogen and oxygen atoms in total. The molecule has 3 fully saturated rings. The van der Waals surface area contributed by atoms with Crippen LogP contribution in [0.1, 0.15) is 47.7 Å². The minimum absolute atomic E-state index is 0.00558. The fourth-order valence-electron chi connectivity index (χ4n) is 7.27. The van der Waals surface area contributed by atoms with Crippen molar-refractivity contribution in [2.24, 2.45) is 29.4 Å². The summed E-state index contributed by atoms with van der Waals surface area (Å²) in [4.78, 5) is 69.8. The predicted molar refractivity (Wildman–Crippen MR) is 135 cm³/mol. The van der Waals surface area contributed by atoms with E-state index in [1.54, 1.807) is 14.1 Å². The average molecular weight is 546 g/mol. The molecular formula is C27H32ClN3O7. The zero-order chi connectivity index (χ0) is 27.8. The van der Waals surface area contributed by atoms with Crippen molar-refractivity contribution in [3.63, 3.8) is 0 Å². The lowest BCUT2D eigenvalue weighted by atomic mass is 9.52. The van der Waals surface area contributed by atoms with Crippen LogP contribution in [0.25, 0.3) is 0 Å². The quantitative estimate of drug-likeness (QED) is 0.458. The maximum absolute atomic E-state index is 13.8. The number of rotatable bonds is 4. The molecule has 204 valence electrons. The Morgan fingerprint density at radius 1 is 1.24 bits per heavy atom. The van der Waals surface area contributed by atoms with Gasteiger partial charge in [0.1, 0.15) is 5.75 Å². The monoisotopic (exact) mass is 545 g/mol. The molecule has 7 atom stereocenters. The summed E-state index contributed by atoms with van der Waals surface area (Å²) in [6.07, 6.45) is 2.27. The van der Waals surface area contributed by atoms with Crippen LogP contribution < -0.4 is 5.73 Å². The summed E-state index contributed by atoms with van der Waals surface area (Å²) in [5.74, 6) is -10.6. The summed E-state index contributed by atoms with van der Waals surface area (Å²) < 4.78 is 0. The minimum atomic E-state index is -2.73. The molecule has 1 saturated heterocycles. The first-order valence-corrected chi connectivity index (χ1v) is 13.3. The number of carbonyl (C=O) groups excluding carboxylic acids is 5. The lowest BCUT2D eigenvalue weighted by molar-refractivity contribution is -0.181. The van der Waals surface area contributed by atoms with E-state index in [0.29, 0.717) is 28.7 Å². The van der Waals surface area contributed by atoms with Crippen LogP contribution in [0.5, 0.6) is 5.75 Å². The summed E-state index contributed by atoms with van der Waals surface area (Å²) >= 11 is 6.81. The number of hydrogen-bond donors (Lipinski definition) is 3. The SMILES string of the molecule is C[C@@H]1CCCN1Cc1cc(O)c2c(c1Cl)C[C@H]1C[C@H]3[C@H](N(C)C)C(=O)C(C(N)=O)C(=O)[C@@]3(O)C(=O)C1C2=O. The van der Waals surface area contributed by atoms with Crippen molar-refractivity contribution >= 4 is 40.6 Å². The molecule has 4 N–H and O–H groups in total. The number of likely N-dealkylation sites (tertiary alicyclic amines) is 1. The molecule has 5 rings (SSSR count). The summed E-state index contributed by atoms with van der Waals surface area (Å²) in [6, 6.07) is 0.672. The molecule has 2 unspecified atom stereocenters. The van der Waals surface area contributed by atoms with Crippen molar-refractivity contribution < 1.29 is 34.2 Å². The molecule has 0 bridgehead atoms. The molecule has 0 radical (unpaired) electrons. The first-order chi connectivity index (χ1) is 17.8. The molecule has 1 aromatic rings. The van der Waals surface area contributed by atoms with E-state index in [0.717, 1.165) is 19.4 Å². The Kier molecular flexibility index (Phi) is 6.53. The fourth-order valence-corrected chi connectivity index (χ4v) is 7.56. The summed E-state index contributed by atoms with van der Waals surface area (Å²) in [6.45, 7) is 3.53. The second-order valence-electron chi connectivity index (χ2n) is 11.5. The first kappa shape index (κ1) is 26.9. The van der Waals surface area contributed by atoms with E-state index in [9.17, 15) is 34.2 Å². The van der Waals surface area contributed by atoms with Gasteiger partial charge in [0, 0.05) is 23.5 Å². The number of likely N-dealkylation sites (N-methyl/N-ethyl adjacent to an activating group) is 1. The molecule has 1 aliphatic heterocycles. The van der Waals surface area contributed by atoms with Gasteiger partial charge in [-0.2, -0.15) is 0 Å². The Morgan fingerprint density at radius 2 is 1.92 bits per heavy atom. The molecule has 0 aromatic heterocycles. The molecule has 2 saturated carbocycles. The van der Waals surface area contributed by atoms with E-state index in [1.807, 2.05) is 0 Å². The van der Waals surface area contributed by atoms with Crippen LogP contribution in [-0.4, -0.2) is 87.4 Å². The number of ketones is 4. The Morgan fingerprint density at radius 3 is 2.50 bits per heavy atom. The van der Waals surface area contributed by atoms with Gasteiger partial charge in [0.2, 0.25) is 5.91 Å². The van der Waals surface area contributed by atoms with E-state index < -0.39 is 64.4 Å². The van der Waals surface area contributed by atoms with Crippen LogP contribution in [0.3, 0.4) is 0 Å². The molecule has 38 heavy (non-hydrogen) atoms. The van der Waals surface area contributed by atoms with Crippen molar-refractivity contribution in [2.45, 2.75) is 56.8 Å². The molecule has 1 amide bonds. The normalized spacial score (nSPS) is 35.3. The first-order valence-electron chi connectivity index (χ1n) is 12.9. The minimum Gasteiger partial charge on any atom is -0.507 e. The van der Waals surface area contributed by atoms with Gasteiger partial charge in [-0.3, -0.25) is 33.8 Å². The summed E-state index contributed by atoms with van der Waals surface area (Å²) in [5.41, 5.74) is 3.63. The lowest BCUT2D eigenvalue weighted by Crippen LogP contribution is -2.74. The highest BCUT2D eigenvalue weighted by molar-refractivity contribution is 6.34. The van der Waals surface area contributed by atoms with Gasteiger partial charge < -0.3 is 15.9 Å². The highest BCUT2D eigenvalue weighted by Gasteiger charge is 2.69. The van der Waals surface area contributed by atoms with Gasteiger partial charge in [0.05, 0.1) is 17.5 Å². The number of carbonyl (C=O) groups is 5. The summed E-state index contributed by atoms with van der Waals surface area (Å²) in [5, 5.41) is 22.9. The van der Waals surface area contributed by atoms with Gasteiger partial charge in [-0.15, -0.1) is 0 Å². The number of amides is 1. The Hall–Kier alpha value is -2.66. The standard InChI is InChI=1S/C27H32ClN3O7/c1-11-5-4-6-31(11)10-13-9-16(32)18-14(20(13)28)7-12-8-15-21(30(2)3)23(34)19(26(29)37)25(36)27(15,38)24(35)17(12)22(18)33/h9,11-12,15,17,19,21,32,38H,4-8,10H2,1-3H3,(H2,29,37)/t11-,12+,15+,17?,19?,21+,27+/m1/s1. The number of primary amides is 1. The van der Waals surface area contributed by atoms with E-state index in [2.05, 4.69) is 11.8 Å². The number of benzene rings is 1. The number of aliphatic hydroxyl groups is 1. The highest BCUT2D eigenvalue weighted by Crippen LogP contribution is 2.51. The molecule has 1 aromatic carbocycles. The average Bonchev–Trinajstić information content (AvgIpc) is 3.23. The van der Waals surface area contributed by atoms with Crippen molar-refractivity contribution in [1.82, 2.24) is 9.80 Å². The Balaban J connectivity index is 1.58. The summed E-state index contributed by atoms with van der Waals surface area (Å²) in [7, 11) is 3.10. The van der Waals surface area contributed by atoms with Crippen molar-refractivity contribution in [3.05, 3.63) is 27.8 Å². The van der Waals surface area contributed by atoms with Gasteiger partial charge >= 0.3 is 0 Å². The number of nitrogens with zero attached hydrogens (tertiary/aromatic N) is 2. The van der Waals surface area contributed by atoms with Crippen molar-refractivity contribution in [2.75, 3.05) is 20.6 Å². The van der Waals surface area contributed by atoms with Crippen molar-refractivity contribution in [3.8, 4) is 5.75 Å². The molecule has 1 heterocycles. The maximum Gasteiger partial charge on any atom is 0.235 e. The number of nitrogens with two attached hydrogens (primary N) is 1. The number of Topliss-reactive ketones (excluding diaryl/α,β-unsaturated/α-hetero) is 4. The van der Waals surface area contributed by atoms with E-state index in [4.69, 9.17) is 17.3 Å².